The predicted octanol–water partition coefficient (Wildman–Crippen LogP) is 4.08. The van der Waals surface area contributed by atoms with Crippen LogP contribution < -0.4 is 10.6 Å². The fourth-order valence-electron chi connectivity index (χ4n) is 3.77. The maximum Gasteiger partial charge on any atom is 0.191 e. The van der Waals surface area contributed by atoms with Gasteiger partial charge < -0.3 is 15.4 Å². The molecule has 4 heteroatoms. The number of nitrogens with one attached hydrogen (secondary N) is 2. The minimum atomic E-state index is 0.159. The Labute approximate surface area is 163 Å². The molecule has 0 radical (unpaired) electrons. The monoisotopic (exact) mass is 365 g/mol. The van der Waals surface area contributed by atoms with Crippen molar-refractivity contribution < 1.29 is 4.74 Å². The van der Waals surface area contributed by atoms with Crippen LogP contribution >= 0.6 is 0 Å². The molecule has 0 saturated carbocycles. The van der Waals surface area contributed by atoms with Crippen LogP contribution in [0.4, 0.5) is 0 Å². The van der Waals surface area contributed by atoms with Crippen LogP contribution in [0.5, 0.6) is 0 Å². The smallest absolute Gasteiger partial charge is 0.191 e. The van der Waals surface area contributed by atoms with Gasteiger partial charge in [0.15, 0.2) is 5.96 Å². The van der Waals surface area contributed by atoms with E-state index in [1.54, 1.807) is 0 Å². The van der Waals surface area contributed by atoms with Crippen LogP contribution in [-0.4, -0.2) is 26.2 Å². The zero-order chi connectivity index (χ0) is 18.9. The van der Waals surface area contributed by atoms with Gasteiger partial charge in [0.25, 0.3) is 0 Å². The minimum Gasteiger partial charge on any atom is -0.373 e. The number of nitrogens with zero attached hydrogens (tertiary/aromatic N) is 1. The number of benzene rings is 2. The summed E-state index contributed by atoms with van der Waals surface area (Å²) in [6, 6.07) is 19.1. The number of rotatable bonds is 6. The summed E-state index contributed by atoms with van der Waals surface area (Å²) in [6.45, 7) is 4.68. The van der Waals surface area contributed by atoms with E-state index in [0.717, 1.165) is 38.5 Å². The number of hydrogen-bond donors (Lipinski definition) is 2. The molecule has 2 atom stereocenters. The summed E-state index contributed by atoms with van der Waals surface area (Å²) in [5, 5.41) is 6.96. The maximum atomic E-state index is 6.10. The van der Waals surface area contributed by atoms with Crippen molar-refractivity contribution in [2.45, 2.75) is 38.8 Å². The normalized spacial score (nSPS) is 20.3. The van der Waals surface area contributed by atoms with E-state index < -0.39 is 0 Å². The van der Waals surface area contributed by atoms with E-state index in [9.17, 15) is 0 Å². The summed E-state index contributed by atoms with van der Waals surface area (Å²) in [6.07, 6.45) is 3.49. The fourth-order valence-corrected chi connectivity index (χ4v) is 3.77. The van der Waals surface area contributed by atoms with Crippen molar-refractivity contribution in [2.24, 2.45) is 10.9 Å². The molecular weight excluding hydrogens is 334 g/mol. The second kappa shape index (κ2) is 10.1. The van der Waals surface area contributed by atoms with Gasteiger partial charge in [-0.05, 0) is 36.0 Å². The Bertz CT molecular complexity index is 729. The van der Waals surface area contributed by atoms with Gasteiger partial charge in [-0.3, -0.25) is 4.99 Å². The number of ether oxygens (including phenoxy) is 1. The lowest BCUT2D eigenvalue weighted by atomic mass is 9.89. The average Bonchev–Trinajstić information content (AvgIpc) is 2.75. The van der Waals surface area contributed by atoms with Gasteiger partial charge in [0.1, 0.15) is 0 Å². The van der Waals surface area contributed by atoms with Gasteiger partial charge in [0, 0.05) is 32.7 Å². The molecule has 2 unspecified atom stereocenters. The molecule has 0 aliphatic carbocycles. The van der Waals surface area contributed by atoms with Crippen LogP contribution in [0.2, 0.25) is 0 Å². The highest BCUT2D eigenvalue weighted by atomic mass is 16.5. The molecule has 1 aliphatic heterocycles. The van der Waals surface area contributed by atoms with E-state index in [-0.39, 0.29) is 6.10 Å². The van der Waals surface area contributed by atoms with Crippen LogP contribution in [-0.2, 0) is 17.7 Å². The van der Waals surface area contributed by atoms with Crippen molar-refractivity contribution in [3.05, 3.63) is 71.3 Å². The maximum absolute atomic E-state index is 6.10. The summed E-state index contributed by atoms with van der Waals surface area (Å²) >= 11 is 0. The van der Waals surface area contributed by atoms with Crippen molar-refractivity contribution in [1.29, 1.82) is 0 Å². The first-order valence-electron chi connectivity index (χ1n) is 9.99. The zero-order valence-corrected chi connectivity index (χ0v) is 16.4. The number of hydrogen-bond acceptors (Lipinski definition) is 2. The summed E-state index contributed by atoms with van der Waals surface area (Å²) < 4.78 is 6.10. The zero-order valence-electron chi connectivity index (χ0n) is 16.4. The number of guanidine groups is 1. The van der Waals surface area contributed by atoms with E-state index in [1.165, 1.54) is 23.1 Å². The molecule has 1 heterocycles. The Morgan fingerprint density at radius 2 is 1.78 bits per heavy atom. The van der Waals surface area contributed by atoms with Crippen LogP contribution in [0.15, 0.2) is 59.6 Å². The van der Waals surface area contributed by atoms with Crippen LogP contribution in [0.25, 0.3) is 0 Å². The second-order valence-corrected chi connectivity index (χ2v) is 7.03. The summed E-state index contributed by atoms with van der Waals surface area (Å²) in [4.78, 5) is 4.39. The van der Waals surface area contributed by atoms with Crippen LogP contribution in [0.3, 0.4) is 0 Å². The molecule has 1 fully saturated rings. The summed E-state index contributed by atoms with van der Waals surface area (Å²) in [7, 11) is 1.83. The van der Waals surface area contributed by atoms with E-state index in [0.29, 0.717) is 5.92 Å². The molecular formula is C23H31N3O. The molecule has 0 aromatic heterocycles. The predicted molar refractivity (Wildman–Crippen MR) is 112 cm³/mol. The Morgan fingerprint density at radius 3 is 2.52 bits per heavy atom. The fraction of sp³-hybridized carbons (Fsp3) is 0.435. The summed E-state index contributed by atoms with van der Waals surface area (Å²) in [5.41, 5.74) is 3.97. The highest BCUT2D eigenvalue weighted by Gasteiger charge is 2.27. The lowest BCUT2D eigenvalue weighted by Crippen LogP contribution is -2.41. The van der Waals surface area contributed by atoms with Crippen LogP contribution in [0.1, 0.15) is 42.6 Å². The SMILES string of the molecule is CCc1ccccc1CNC(=NC)NCC1CCCOC1c1ccccc1. The highest BCUT2D eigenvalue weighted by Crippen LogP contribution is 2.33. The molecule has 4 nitrogen and oxygen atoms in total. The highest BCUT2D eigenvalue weighted by molar-refractivity contribution is 5.79. The van der Waals surface area contributed by atoms with Crippen molar-refractivity contribution in [3.63, 3.8) is 0 Å². The molecule has 0 spiro atoms. The van der Waals surface area contributed by atoms with Crippen molar-refractivity contribution in [1.82, 2.24) is 10.6 Å². The van der Waals surface area contributed by atoms with Gasteiger partial charge in [-0.15, -0.1) is 0 Å². The Kier molecular flexibility index (Phi) is 7.28. The van der Waals surface area contributed by atoms with Gasteiger partial charge in [-0.25, -0.2) is 0 Å². The average molecular weight is 366 g/mol. The quantitative estimate of drug-likeness (QED) is 0.599. The lowest BCUT2D eigenvalue weighted by molar-refractivity contribution is -0.0265. The van der Waals surface area contributed by atoms with Crippen molar-refractivity contribution >= 4 is 5.96 Å². The molecule has 2 aromatic rings. The molecule has 2 N–H and O–H groups in total. The molecule has 1 aliphatic rings. The Hall–Kier alpha value is -2.33. The summed E-state index contributed by atoms with van der Waals surface area (Å²) in [5.74, 6) is 1.29. The topological polar surface area (TPSA) is 45.7 Å². The van der Waals surface area contributed by atoms with Gasteiger partial charge in [0.05, 0.1) is 6.10 Å². The van der Waals surface area contributed by atoms with Crippen molar-refractivity contribution in [2.75, 3.05) is 20.2 Å². The third kappa shape index (κ3) is 5.33. The molecule has 144 valence electrons. The third-order valence-corrected chi connectivity index (χ3v) is 5.27. The van der Waals surface area contributed by atoms with E-state index >= 15 is 0 Å². The van der Waals surface area contributed by atoms with E-state index in [4.69, 9.17) is 4.74 Å². The van der Waals surface area contributed by atoms with Crippen LogP contribution in [0, 0.1) is 5.92 Å². The van der Waals surface area contributed by atoms with E-state index in [1.807, 2.05) is 7.05 Å². The number of aryl methyl sites for hydroxylation is 1. The first kappa shape index (κ1) is 19.4. The molecule has 1 saturated heterocycles. The van der Waals surface area contributed by atoms with Gasteiger partial charge in [0.2, 0.25) is 0 Å². The van der Waals surface area contributed by atoms with Gasteiger partial charge in [-0.2, -0.15) is 0 Å². The Morgan fingerprint density at radius 1 is 1.04 bits per heavy atom. The molecule has 0 amide bonds. The molecule has 27 heavy (non-hydrogen) atoms. The first-order chi connectivity index (χ1) is 13.3. The van der Waals surface area contributed by atoms with E-state index in [2.05, 4.69) is 77.1 Å². The largest absolute Gasteiger partial charge is 0.373 e. The van der Waals surface area contributed by atoms with Gasteiger partial charge in [-0.1, -0.05) is 61.5 Å². The lowest BCUT2D eigenvalue weighted by Gasteiger charge is -2.32. The molecule has 3 rings (SSSR count). The number of aliphatic imine (C=N–C) groups is 1. The first-order valence-corrected chi connectivity index (χ1v) is 9.99. The minimum absolute atomic E-state index is 0.159. The third-order valence-electron chi connectivity index (χ3n) is 5.27. The van der Waals surface area contributed by atoms with Gasteiger partial charge >= 0.3 is 0 Å². The Balaban J connectivity index is 1.56. The standard InChI is InChI=1S/C23H31N3O/c1-3-18-10-7-8-13-20(18)16-25-23(24-2)26-17-21-14-9-15-27-22(21)19-11-5-4-6-12-19/h4-8,10-13,21-22H,3,9,14-17H2,1-2H3,(H2,24,25,26). The molecule has 2 aromatic carbocycles. The second-order valence-electron chi connectivity index (χ2n) is 7.03. The van der Waals surface area contributed by atoms with Crippen molar-refractivity contribution in [3.8, 4) is 0 Å². The molecule has 0 bridgehead atoms.